The van der Waals surface area contributed by atoms with E-state index in [1.54, 1.807) is 6.20 Å². The van der Waals surface area contributed by atoms with Crippen molar-refractivity contribution >= 4 is 17.2 Å². The summed E-state index contributed by atoms with van der Waals surface area (Å²) in [4.78, 5) is 22.1. The van der Waals surface area contributed by atoms with Crippen molar-refractivity contribution in [1.29, 1.82) is 0 Å². The quantitative estimate of drug-likeness (QED) is 0.806. The Balaban J connectivity index is 1.54. The highest BCUT2D eigenvalue weighted by molar-refractivity contribution is 7.13. The summed E-state index contributed by atoms with van der Waals surface area (Å²) in [6.07, 6.45) is 2.87. The minimum atomic E-state index is 0.129. The van der Waals surface area contributed by atoms with Crippen LogP contribution in [0.4, 0.5) is 0 Å². The predicted molar refractivity (Wildman–Crippen MR) is 98.3 cm³/mol. The van der Waals surface area contributed by atoms with Gasteiger partial charge in [-0.3, -0.25) is 9.69 Å². The van der Waals surface area contributed by atoms with Crippen LogP contribution in [-0.4, -0.2) is 46.9 Å². The van der Waals surface area contributed by atoms with Crippen molar-refractivity contribution < 1.29 is 4.79 Å². The lowest BCUT2D eigenvalue weighted by molar-refractivity contribution is 0.0743. The Morgan fingerprint density at radius 1 is 1.38 bits per heavy atom. The van der Waals surface area contributed by atoms with Crippen molar-refractivity contribution in [3.63, 3.8) is 0 Å². The lowest BCUT2D eigenvalue weighted by Crippen LogP contribution is -2.35. The molecule has 1 fully saturated rings. The first-order chi connectivity index (χ1) is 11.7. The molecule has 24 heavy (non-hydrogen) atoms. The Labute approximate surface area is 148 Å². The zero-order valence-corrected chi connectivity index (χ0v) is 15.3. The van der Waals surface area contributed by atoms with E-state index >= 15 is 0 Å². The molecule has 5 heteroatoms. The number of likely N-dealkylation sites (tertiary alicyclic amines) is 1. The Hall–Kier alpha value is -1.72. The smallest absolute Gasteiger partial charge is 0.265 e. The van der Waals surface area contributed by atoms with Gasteiger partial charge in [-0.1, -0.05) is 30.3 Å². The largest absolute Gasteiger partial charge is 0.338 e. The lowest BCUT2D eigenvalue weighted by Gasteiger charge is -2.24. The van der Waals surface area contributed by atoms with Crippen molar-refractivity contribution in [1.82, 2.24) is 14.8 Å². The molecule has 0 N–H and O–H groups in total. The highest BCUT2D eigenvalue weighted by Crippen LogP contribution is 2.21. The second-order valence-corrected chi connectivity index (χ2v) is 7.70. The summed E-state index contributed by atoms with van der Waals surface area (Å²) in [5.41, 5.74) is 1.36. The molecule has 1 atom stereocenters. The zero-order valence-electron chi connectivity index (χ0n) is 14.4. The monoisotopic (exact) mass is 343 g/mol. The molecule has 4 nitrogen and oxygen atoms in total. The summed E-state index contributed by atoms with van der Waals surface area (Å²) in [6, 6.07) is 10.6. The zero-order chi connectivity index (χ0) is 16.9. The minimum absolute atomic E-state index is 0.129. The Kier molecular flexibility index (Phi) is 5.63. The maximum absolute atomic E-state index is 12.6. The van der Waals surface area contributed by atoms with Gasteiger partial charge >= 0.3 is 0 Å². The van der Waals surface area contributed by atoms with E-state index in [1.807, 2.05) is 11.8 Å². The summed E-state index contributed by atoms with van der Waals surface area (Å²) in [5.74, 6) is 0.691. The number of carbonyl (C=O) groups is 1. The number of benzene rings is 1. The number of hydrogen-bond acceptors (Lipinski definition) is 4. The number of aromatic nitrogens is 1. The maximum Gasteiger partial charge on any atom is 0.265 e. The molecule has 0 spiro atoms. The molecular formula is C19H25N3OS. The number of thiazole rings is 1. The first kappa shape index (κ1) is 17.1. The second kappa shape index (κ2) is 7.90. The van der Waals surface area contributed by atoms with Gasteiger partial charge < -0.3 is 4.90 Å². The van der Waals surface area contributed by atoms with Gasteiger partial charge in [0.25, 0.3) is 5.91 Å². The standard InChI is InChI=1S/C19H25N3OS/c1-3-22(19(23)18-11-20-15(2)24-18)14-17-9-10-21(13-17)12-16-7-5-4-6-8-16/h4-8,11,17H,3,9-10,12-14H2,1-2H3/t17-/m0/s1. The van der Waals surface area contributed by atoms with Crippen LogP contribution in [0.1, 0.15) is 33.6 Å². The third-order valence-corrected chi connectivity index (χ3v) is 5.50. The average Bonchev–Trinajstić information content (AvgIpc) is 3.22. The van der Waals surface area contributed by atoms with Crippen molar-refractivity contribution in [3.8, 4) is 0 Å². The van der Waals surface area contributed by atoms with E-state index in [0.29, 0.717) is 5.92 Å². The summed E-state index contributed by atoms with van der Waals surface area (Å²) in [7, 11) is 0. The van der Waals surface area contributed by atoms with Gasteiger partial charge in [0.1, 0.15) is 4.88 Å². The van der Waals surface area contributed by atoms with Crippen molar-refractivity contribution in [2.75, 3.05) is 26.2 Å². The minimum Gasteiger partial charge on any atom is -0.338 e. The van der Waals surface area contributed by atoms with Crippen LogP contribution in [0.5, 0.6) is 0 Å². The van der Waals surface area contributed by atoms with Gasteiger partial charge in [-0.25, -0.2) is 4.98 Å². The summed E-state index contributed by atoms with van der Waals surface area (Å²) in [6.45, 7) is 8.79. The second-order valence-electron chi connectivity index (χ2n) is 6.46. The van der Waals surface area contributed by atoms with Crippen LogP contribution in [0.15, 0.2) is 36.5 Å². The van der Waals surface area contributed by atoms with E-state index in [1.165, 1.54) is 23.3 Å². The van der Waals surface area contributed by atoms with E-state index in [9.17, 15) is 4.79 Å². The van der Waals surface area contributed by atoms with Gasteiger partial charge in [0.05, 0.1) is 11.2 Å². The first-order valence-corrected chi connectivity index (χ1v) is 9.45. The van der Waals surface area contributed by atoms with Crippen LogP contribution >= 0.6 is 11.3 Å². The highest BCUT2D eigenvalue weighted by Gasteiger charge is 2.26. The van der Waals surface area contributed by atoms with Gasteiger partial charge in [0.2, 0.25) is 0 Å². The van der Waals surface area contributed by atoms with Crippen molar-refractivity contribution in [2.45, 2.75) is 26.8 Å². The van der Waals surface area contributed by atoms with Gasteiger partial charge in [-0.2, -0.15) is 0 Å². The van der Waals surface area contributed by atoms with E-state index in [-0.39, 0.29) is 5.91 Å². The molecule has 0 saturated carbocycles. The maximum atomic E-state index is 12.6. The van der Waals surface area contributed by atoms with E-state index in [0.717, 1.165) is 42.6 Å². The molecule has 1 aromatic heterocycles. The fourth-order valence-corrected chi connectivity index (χ4v) is 4.08. The third kappa shape index (κ3) is 4.22. The number of hydrogen-bond donors (Lipinski definition) is 0. The molecule has 0 bridgehead atoms. The van der Waals surface area contributed by atoms with Gasteiger partial charge in [0.15, 0.2) is 0 Å². The molecule has 1 aromatic carbocycles. The number of rotatable bonds is 6. The normalized spacial score (nSPS) is 18.0. The van der Waals surface area contributed by atoms with Crippen molar-refractivity contribution in [3.05, 3.63) is 52.0 Å². The third-order valence-electron chi connectivity index (χ3n) is 4.60. The topological polar surface area (TPSA) is 36.4 Å². The highest BCUT2D eigenvalue weighted by atomic mass is 32.1. The Morgan fingerprint density at radius 3 is 2.83 bits per heavy atom. The van der Waals surface area contributed by atoms with Gasteiger partial charge in [-0.05, 0) is 38.3 Å². The van der Waals surface area contributed by atoms with Crippen LogP contribution in [0.2, 0.25) is 0 Å². The molecule has 2 heterocycles. The molecule has 0 radical (unpaired) electrons. The molecule has 3 rings (SSSR count). The molecule has 0 unspecified atom stereocenters. The summed E-state index contributed by atoms with van der Waals surface area (Å²) < 4.78 is 0. The Bertz CT molecular complexity index is 670. The van der Waals surface area contributed by atoms with Crippen LogP contribution < -0.4 is 0 Å². The lowest BCUT2D eigenvalue weighted by atomic mass is 10.1. The SMILES string of the molecule is CCN(C[C@H]1CCN(Cc2ccccc2)C1)C(=O)c1cnc(C)s1. The fraction of sp³-hybridized carbons (Fsp3) is 0.474. The molecular weight excluding hydrogens is 318 g/mol. The van der Waals surface area contributed by atoms with Crippen LogP contribution in [-0.2, 0) is 6.54 Å². The van der Waals surface area contributed by atoms with E-state index in [2.05, 4.69) is 47.1 Å². The molecule has 128 valence electrons. The van der Waals surface area contributed by atoms with Gasteiger partial charge in [0, 0.05) is 26.2 Å². The van der Waals surface area contributed by atoms with E-state index in [4.69, 9.17) is 0 Å². The fourth-order valence-electron chi connectivity index (χ4n) is 3.33. The van der Waals surface area contributed by atoms with E-state index < -0.39 is 0 Å². The molecule has 1 aliphatic rings. The first-order valence-electron chi connectivity index (χ1n) is 8.63. The van der Waals surface area contributed by atoms with Crippen LogP contribution in [0, 0.1) is 12.8 Å². The number of amides is 1. The average molecular weight is 343 g/mol. The van der Waals surface area contributed by atoms with Crippen LogP contribution in [0.3, 0.4) is 0 Å². The van der Waals surface area contributed by atoms with Crippen LogP contribution in [0.25, 0.3) is 0 Å². The van der Waals surface area contributed by atoms with Gasteiger partial charge in [-0.15, -0.1) is 11.3 Å². The number of carbonyl (C=O) groups excluding carboxylic acids is 1. The Morgan fingerprint density at radius 2 is 2.17 bits per heavy atom. The molecule has 0 aliphatic carbocycles. The summed E-state index contributed by atoms with van der Waals surface area (Å²) in [5, 5.41) is 0.948. The molecule has 1 saturated heterocycles. The van der Waals surface area contributed by atoms with Crippen molar-refractivity contribution in [2.24, 2.45) is 5.92 Å². The number of aryl methyl sites for hydroxylation is 1. The number of nitrogens with zero attached hydrogens (tertiary/aromatic N) is 3. The molecule has 2 aromatic rings. The summed E-state index contributed by atoms with van der Waals surface area (Å²) >= 11 is 1.49. The molecule has 1 aliphatic heterocycles. The predicted octanol–water partition coefficient (Wildman–Crippen LogP) is 3.44. The molecule has 1 amide bonds.